The lowest BCUT2D eigenvalue weighted by Gasteiger charge is -2.25. The maximum atomic E-state index is 6.01. The van der Waals surface area contributed by atoms with Crippen molar-refractivity contribution in [2.45, 2.75) is 53.4 Å². The topological polar surface area (TPSA) is 55.9 Å². The standard InChI is InChI=1S/C14H28N4/c1-6-7-8-9-14(3,4)10-16-13-12(15)11(2)17-18(13)5/h16H,6-10,15H2,1-5H3. The summed E-state index contributed by atoms with van der Waals surface area (Å²) in [6.45, 7) is 9.71. The molecule has 0 unspecified atom stereocenters. The van der Waals surface area contributed by atoms with Crippen molar-refractivity contribution in [2.24, 2.45) is 12.5 Å². The van der Waals surface area contributed by atoms with Gasteiger partial charge in [-0.2, -0.15) is 5.10 Å². The molecule has 1 aromatic rings. The van der Waals surface area contributed by atoms with Crippen LogP contribution in [0.25, 0.3) is 0 Å². The van der Waals surface area contributed by atoms with Gasteiger partial charge in [0.15, 0.2) is 0 Å². The Hall–Kier alpha value is -1.19. The molecule has 4 heteroatoms. The van der Waals surface area contributed by atoms with Gasteiger partial charge in [-0.15, -0.1) is 0 Å². The molecule has 0 aromatic carbocycles. The van der Waals surface area contributed by atoms with Gasteiger partial charge in [0.25, 0.3) is 0 Å². The van der Waals surface area contributed by atoms with Crippen LogP contribution < -0.4 is 11.1 Å². The summed E-state index contributed by atoms with van der Waals surface area (Å²) in [5, 5.41) is 7.76. The summed E-state index contributed by atoms with van der Waals surface area (Å²) in [7, 11) is 1.93. The van der Waals surface area contributed by atoms with Crippen LogP contribution in [0.1, 0.15) is 52.1 Å². The highest BCUT2D eigenvalue weighted by atomic mass is 15.3. The number of hydrogen-bond donors (Lipinski definition) is 2. The van der Waals surface area contributed by atoms with E-state index in [2.05, 4.69) is 31.2 Å². The smallest absolute Gasteiger partial charge is 0.147 e. The normalized spacial score (nSPS) is 11.8. The van der Waals surface area contributed by atoms with Crippen molar-refractivity contribution in [3.63, 3.8) is 0 Å². The fourth-order valence-corrected chi connectivity index (χ4v) is 2.15. The Kier molecular flexibility index (Phi) is 5.05. The molecule has 104 valence electrons. The third-order valence-electron chi connectivity index (χ3n) is 3.46. The summed E-state index contributed by atoms with van der Waals surface area (Å²) in [6.07, 6.45) is 5.13. The quantitative estimate of drug-likeness (QED) is 0.732. The lowest BCUT2D eigenvalue weighted by molar-refractivity contribution is 0.342. The zero-order chi connectivity index (χ0) is 13.8. The Morgan fingerprint density at radius 2 is 2.00 bits per heavy atom. The van der Waals surface area contributed by atoms with E-state index < -0.39 is 0 Å². The molecule has 1 aromatic heterocycles. The van der Waals surface area contributed by atoms with E-state index in [0.717, 1.165) is 23.7 Å². The van der Waals surface area contributed by atoms with Crippen LogP contribution in [0.15, 0.2) is 0 Å². The predicted molar refractivity (Wildman–Crippen MR) is 78.8 cm³/mol. The van der Waals surface area contributed by atoms with Crippen molar-refractivity contribution in [3.05, 3.63) is 5.69 Å². The van der Waals surface area contributed by atoms with Crippen LogP contribution in [0.3, 0.4) is 0 Å². The number of nitrogens with two attached hydrogens (primary N) is 1. The van der Waals surface area contributed by atoms with Crippen molar-refractivity contribution in [1.29, 1.82) is 0 Å². The third kappa shape index (κ3) is 3.93. The number of nitrogens with zero attached hydrogens (tertiary/aromatic N) is 2. The average molecular weight is 252 g/mol. The van der Waals surface area contributed by atoms with E-state index in [-0.39, 0.29) is 0 Å². The molecule has 18 heavy (non-hydrogen) atoms. The Labute approximate surface area is 111 Å². The summed E-state index contributed by atoms with van der Waals surface area (Å²) < 4.78 is 1.83. The van der Waals surface area contributed by atoms with Crippen LogP contribution in [0.2, 0.25) is 0 Å². The number of rotatable bonds is 7. The SMILES string of the molecule is CCCCCC(C)(C)CNc1c(N)c(C)nn1C. The summed E-state index contributed by atoms with van der Waals surface area (Å²) >= 11 is 0. The molecule has 4 nitrogen and oxygen atoms in total. The van der Waals surface area contributed by atoms with Gasteiger partial charge in [-0.3, -0.25) is 4.68 Å². The fourth-order valence-electron chi connectivity index (χ4n) is 2.15. The predicted octanol–water partition coefficient (Wildman–Crippen LogP) is 3.33. The van der Waals surface area contributed by atoms with Gasteiger partial charge in [0.2, 0.25) is 0 Å². The second-order valence-corrected chi connectivity index (χ2v) is 5.95. The Morgan fingerprint density at radius 3 is 2.50 bits per heavy atom. The lowest BCUT2D eigenvalue weighted by Crippen LogP contribution is -2.24. The van der Waals surface area contributed by atoms with Crippen molar-refractivity contribution < 1.29 is 0 Å². The molecule has 1 rings (SSSR count). The first-order valence-electron chi connectivity index (χ1n) is 6.90. The maximum absolute atomic E-state index is 6.01. The molecule has 0 aliphatic carbocycles. The van der Waals surface area contributed by atoms with Gasteiger partial charge in [0, 0.05) is 13.6 Å². The first-order valence-corrected chi connectivity index (χ1v) is 6.90. The second-order valence-electron chi connectivity index (χ2n) is 5.95. The number of aryl methyl sites for hydroxylation is 2. The van der Waals surface area contributed by atoms with E-state index in [4.69, 9.17) is 5.73 Å². The number of nitrogen functional groups attached to an aromatic ring is 1. The van der Waals surface area contributed by atoms with Gasteiger partial charge < -0.3 is 11.1 Å². The molecule has 0 atom stereocenters. The van der Waals surface area contributed by atoms with Gasteiger partial charge in [0.1, 0.15) is 5.82 Å². The van der Waals surface area contributed by atoms with Crippen LogP contribution in [0.5, 0.6) is 0 Å². The molecule has 3 N–H and O–H groups in total. The molecular weight excluding hydrogens is 224 g/mol. The highest BCUT2D eigenvalue weighted by Gasteiger charge is 2.19. The summed E-state index contributed by atoms with van der Waals surface area (Å²) in [6, 6.07) is 0. The highest BCUT2D eigenvalue weighted by molar-refractivity contribution is 5.64. The minimum Gasteiger partial charge on any atom is -0.394 e. The zero-order valence-corrected chi connectivity index (χ0v) is 12.5. The van der Waals surface area contributed by atoms with E-state index in [1.165, 1.54) is 25.7 Å². The largest absolute Gasteiger partial charge is 0.394 e. The summed E-state index contributed by atoms with van der Waals surface area (Å²) in [5.74, 6) is 0.941. The number of anilines is 2. The van der Waals surface area contributed by atoms with Crippen LogP contribution in [0, 0.1) is 12.3 Å². The molecule has 0 bridgehead atoms. The first-order chi connectivity index (χ1) is 8.37. The van der Waals surface area contributed by atoms with Gasteiger partial charge >= 0.3 is 0 Å². The molecule has 0 aliphatic rings. The molecule has 0 saturated carbocycles. The fraction of sp³-hybridized carbons (Fsp3) is 0.786. The minimum absolute atomic E-state index is 0.291. The van der Waals surface area contributed by atoms with Crippen LogP contribution in [-0.4, -0.2) is 16.3 Å². The van der Waals surface area contributed by atoms with E-state index in [0.29, 0.717) is 5.41 Å². The Balaban J connectivity index is 2.53. The second kappa shape index (κ2) is 6.12. The van der Waals surface area contributed by atoms with Gasteiger partial charge in [-0.25, -0.2) is 0 Å². The maximum Gasteiger partial charge on any atom is 0.147 e. The van der Waals surface area contributed by atoms with E-state index in [1.807, 2.05) is 18.7 Å². The van der Waals surface area contributed by atoms with Crippen molar-refractivity contribution in [3.8, 4) is 0 Å². The Bertz CT molecular complexity index is 379. The van der Waals surface area contributed by atoms with E-state index in [9.17, 15) is 0 Å². The van der Waals surface area contributed by atoms with E-state index in [1.54, 1.807) is 0 Å². The molecule has 1 heterocycles. The molecule has 0 fully saturated rings. The number of nitrogens with one attached hydrogen (secondary N) is 1. The van der Waals surface area contributed by atoms with Crippen LogP contribution in [-0.2, 0) is 7.05 Å². The molecule has 0 aliphatic heterocycles. The van der Waals surface area contributed by atoms with Gasteiger partial charge in [0.05, 0.1) is 11.4 Å². The van der Waals surface area contributed by atoms with Crippen molar-refractivity contribution in [1.82, 2.24) is 9.78 Å². The Morgan fingerprint density at radius 1 is 1.33 bits per heavy atom. The van der Waals surface area contributed by atoms with Gasteiger partial charge in [-0.1, -0.05) is 40.0 Å². The molecule has 0 spiro atoms. The molecular formula is C14H28N4. The zero-order valence-electron chi connectivity index (χ0n) is 12.5. The molecule has 0 amide bonds. The number of unbranched alkanes of at least 4 members (excludes halogenated alkanes) is 2. The monoisotopic (exact) mass is 252 g/mol. The third-order valence-corrected chi connectivity index (χ3v) is 3.46. The summed E-state index contributed by atoms with van der Waals surface area (Å²) in [4.78, 5) is 0. The number of hydrogen-bond acceptors (Lipinski definition) is 3. The van der Waals surface area contributed by atoms with Gasteiger partial charge in [-0.05, 0) is 18.8 Å². The van der Waals surface area contributed by atoms with Crippen molar-refractivity contribution >= 4 is 11.5 Å². The van der Waals surface area contributed by atoms with Crippen LogP contribution in [0.4, 0.5) is 11.5 Å². The molecule has 0 radical (unpaired) electrons. The minimum atomic E-state index is 0.291. The van der Waals surface area contributed by atoms with Crippen LogP contribution >= 0.6 is 0 Å². The lowest BCUT2D eigenvalue weighted by atomic mass is 9.87. The summed E-state index contributed by atoms with van der Waals surface area (Å²) in [5.41, 5.74) is 7.96. The average Bonchev–Trinajstić information content (AvgIpc) is 2.51. The van der Waals surface area contributed by atoms with E-state index >= 15 is 0 Å². The number of aromatic nitrogens is 2. The molecule has 0 saturated heterocycles. The highest BCUT2D eigenvalue weighted by Crippen LogP contribution is 2.27. The first kappa shape index (κ1) is 14.9. The van der Waals surface area contributed by atoms with Crippen molar-refractivity contribution in [2.75, 3.05) is 17.6 Å².